The highest BCUT2D eigenvalue weighted by Crippen LogP contribution is 2.28. The number of furan rings is 1. The molecule has 0 amide bonds. The summed E-state index contributed by atoms with van der Waals surface area (Å²) in [7, 11) is 0. The Hall–Kier alpha value is -2.68. The van der Waals surface area contributed by atoms with E-state index in [4.69, 9.17) is 27.6 Å². The van der Waals surface area contributed by atoms with Gasteiger partial charge in [-0.25, -0.2) is 0 Å². The number of hydrazone groups is 1. The molecular formula is C21H20Cl2N4O. The predicted octanol–water partition coefficient (Wildman–Crippen LogP) is 5.61. The van der Waals surface area contributed by atoms with E-state index >= 15 is 0 Å². The van der Waals surface area contributed by atoms with Crippen LogP contribution in [-0.4, -0.2) is 10.8 Å². The van der Waals surface area contributed by atoms with E-state index in [1.807, 2.05) is 38.3 Å². The summed E-state index contributed by atoms with van der Waals surface area (Å²) in [6.45, 7) is 8.10. The molecule has 3 aromatic rings. The van der Waals surface area contributed by atoms with Crippen molar-refractivity contribution < 1.29 is 4.42 Å². The molecule has 0 spiro atoms. The number of rotatable bonds is 5. The van der Waals surface area contributed by atoms with Crippen LogP contribution >= 0.6 is 23.2 Å². The lowest BCUT2D eigenvalue weighted by molar-refractivity contribution is 0.503. The second-order valence-corrected chi connectivity index (χ2v) is 7.34. The second-order valence-electron chi connectivity index (χ2n) is 6.53. The summed E-state index contributed by atoms with van der Waals surface area (Å²) in [4.78, 5) is 0. The van der Waals surface area contributed by atoms with Gasteiger partial charge in [-0.1, -0.05) is 29.3 Å². The van der Waals surface area contributed by atoms with Gasteiger partial charge in [0.2, 0.25) is 5.88 Å². The van der Waals surface area contributed by atoms with E-state index in [1.54, 1.807) is 24.4 Å². The fraction of sp³-hybridized carbons (Fsp3) is 0.238. The molecule has 1 aromatic carbocycles. The molecule has 28 heavy (non-hydrogen) atoms. The van der Waals surface area contributed by atoms with Gasteiger partial charge in [-0.15, -0.1) is 0 Å². The van der Waals surface area contributed by atoms with Crippen LogP contribution < -0.4 is 5.43 Å². The molecule has 0 saturated heterocycles. The third kappa shape index (κ3) is 3.66. The van der Waals surface area contributed by atoms with Gasteiger partial charge in [0.05, 0.1) is 12.8 Å². The van der Waals surface area contributed by atoms with Gasteiger partial charge in [0.15, 0.2) is 0 Å². The van der Waals surface area contributed by atoms with Gasteiger partial charge < -0.3 is 9.84 Å². The zero-order chi connectivity index (χ0) is 20.4. The van der Waals surface area contributed by atoms with Crippen LogP contribution in [0.5, 0.6) is 0 Å². The van der Waals surface area contributed by atoms with Crippen molar-refractivity contribution in [2.24, 2.45) is 5.10 Å². The van der Waals surface area contributed by atoms with Crippen LogP contribution in [0.25, 0.3) is 5.88 Å². The third-order valence-electron chi connectivity index (χ3n) is 4.76. The van der Waals surface area contributed by atoms with Gasteiger partial charge in [-0.05, 0) is 45.9 Å². The predicted molar refractivity (Wildman–Crippen MR) is 113 cm³/mol. The average molecular weight is 415 g/mol. The van der Waals surface area contributed by atoms with Crippen molar-refractivity contribution in [1.82, 2.24) is 9.99 Å². The molecular weight excluding hydrogens is 395 g/mol. The van der Waals surface area contributed by atoms with Crippen LogP contribution in [0.2, 0.25) is 10.0 Å². The molecule has 144 valence electrons. The highest BCUT2D eigenvalue weighted by molar-refractivity contribution is 6.35. The lowest BCUT2D eigenvalue weighted by atomic mass is 10.2. The van der Waals surface area contributed by atoms with Crippen molar-refractivity contribution in [2.75, 3.05) is 0 Å². The topological polar surface area (TPSA) is 66.2 Å². The number of hydrogen-bond acceptors (Lipinski definition) is 4. The number of halogens is 2. The fourth-order valence-electron chi connectivity index (χ4n) is 3.07. The minimum absolute atomic E-state index is 0.420. The first-order valence-electron chi connectivity index (χ1n) is 8.73. The number of aryl methyl sites for hydroxylation is 2. The summed E-state index contributed by atoms with van der Waals surface area (Å²) in [5.41, 5.74) is 8.00. The maximum Gasteiger partial charge on any atom is 0.222 e. The first-order chi connectivity index (χ1) is 13.3. The van der Waals surface area contributed by atoms with E-state index in [2.05, 4.69) is 16.6 Å². The molecule has 0 aliphatic heterocycles. The van der Waals surface area contributed by atoms with Crippen LogP contribution in [0.15, 0.2) is 33.8 Å². The Bertz CT molecular complexity index is 1080. The van der Waals surface area contributed by atoms with Crippen molar-refractivity contribution in [2.45, 2.75) is 34.2 Å². The normalized spacial score (nSPS) is 11.2. The van der Waals surface area contributed by atoms with E-state index in [9.17, 15) is 5.26 Å². The SMILES string of the molecule is Cc1oc(-n2c(C)cc(/C=N\NCc3c(Cl)cccc3Cl)c2C)c(C#N)c1C. The summed E-state index contributed by atoms with van der Waals surface area (Å²) < 4.78 is 7.79. The Labute approximate surface area is 174 Å². The third-order valence-corrected chi connectivity index (χ3v) is 5.47. The lowest BCUT2D eigenvalue weighted by Crippen LogP contribution is -2.07. The minimum Gasteiger partial charge on any atom is -0.443 e. The van der Waals surface area contributed by atoms with Crippen LogP contribution in [0, 0.1) is 39.0 Å². The van der Waals surface area contributed by atoms with Crippen molar-refractivity contribution in [3.05, 3.63) is 73.7 Å². The van der Waals surface area contributed by atoms with Crippen LogP contribution in [0.4, 0.5) is 0 Å². The summed E-state index contributed by atoms with van der Waals surface area (Å²) in [5, 5.41) is 15.0. The van der Waals surface area contributed by atoms with E-state index in [1.165, 1.54) is 0 Å². The van der Waals surface area contributed by atoms with Gasteiger partial charge in [0.1, 0.15) is 17.4 Å². The van der Waals surface area contributed by atoms with Crippen molar-refractivity contribution in [3.8, 4) is 12.0 Å². The minimum atomic E-state index is 0.420. The molecule has 5 nitrogen and oxygen atoms in total. The van der Waals surface area contributed by atoms with Gasteiger partial charge in [-0.3, -0.25) is 4.57 Å². The summed E-state index contributed by atoms with van der Waals surface area (Å²) >= 11 is 12.3. The Morgan fingerprint density at radius 1 is 1.21 bits per heavy atom. The van der Waals surface area contributed by atoms with Crippen LogP contribution in [0.1, 0.15) is 39.4 Å². The van der Waals surface area contributed by atoms with E-state index in [-0.39, 0.29) is 0 Å². The lowest BCUT2D eigenvalue weighted by Gasteiger charge is -2.07. The van der Waals surface area contributed by atoms with Gasteiger partial charge in [-0.2, -0.15) is 10.4 Å². The average Bonchev–Trinajstić information content (AvgIpc) is 3.09. The molecule has 0 fully saturated rings. The van der Waals surface area contributed by atoms with Crippen molar-refractivity contribution in [3.63, 3.8) is 0 Å². The first-order valence-corrected chi connectivity index (χ1v) is 9.49. The monoisotopic (exact) mass is 414 g/mol. The number of nitrogens with one attached hydrogen (secondary N) is 1. The fourth-order valence-corrected chi connectivity index (χ4v) is 3.60. The van der Waals surface area contributed by atoms with E-state index in [0.717, 1.165) is 33.8 Å². The van der Waals surface area contributed by atoms with Crippen molar-refractivity contribution in [1.29, 1.82) is 5.26 Å². The largest absolute Gasteiger partial charge is 0.443 e. The molecule has 0 aliphatic carbocycles. The number of benzene rings is 1. The molecule has 0 unspecified atom stereocenters. The summed E-state index contributed by atoms with van der Waals surface area (Å²) in [6, 6.07) is 9.63. The van der Waals surface area contributed by atoms with E-state index < -0.39 is 0 Å². The summed E-state index contributed by atoms with van der Waals surface area (Å²) in [6.07, 6.45) is 1.73. The van der Waals surface area contributed by atoms with Crippen molar-refractivity contribution >= 4 is 29.4 Å². The maximum absolute atomic E-state index is 9.51. The number of hydrogen-bond donors (Lipinski definition) is 1. The second kappa shape index (κ2) is 8.14. The van der Waals surface area contributed by atoms with E-state index in [0.29, 0.717) is 28.0 Å². The number of aromatic nitrogens is 1. The molecule has 7 heteroatoms. The van der Waals surface area contributed by atoms with Crippen LogP contribution in [0.3, 0.4) is 0 Å². The Morgan fingerprint density at radius 3 is 2.54 bits per heavy atom. The highest BCUT2D eigenvalue weighted by Gasteiger charge is 2.20. The zero-order valence-electron chi connectivity index (χ0n) is 16.1. The maximum atomic E-state index is 9.51. The van der Waals surface area contributed by atoms with Crippen LogP contribution in [-0.2, 0) is 6.54 Å². The number of nitriles is 1. The quantitative estimate of drug-likeness (QED) is 0.435. The van der Waals surface area contributed by atoms with Gasteiger partial charge >= 0.3 is 0 Å². The first kappa shape index (κ1) is 20.1. The molecule has 0 atom stereocenters. The Balaban J connectivity index is 1.84. The molecule has 1 N–H and O–H groups in total. The highest BCUT2D eigenvalue weighted by atomic mass is 35.5. The Morgan fingerprint density at radius 2 is 1.89 bits per heavy atom. The van der Waals surface area contributed by atoms with Gasteiger partial charge in [0, 0.05) is 38.1 Å². The molecule has 0 saturated carbocycles. The smallest absolute Gasteiger partial charge is 0.222 e. The Kier molecular flexibility index (Phi) is 5.83. The molecule has 2 heterocycles. The molecule has 3 rings (SSSR count). The molecule has 2 aromatic heterocycles. The van der Waals surface area contributed by atoms with Gasteiger partial charge in [0.25, 0.3) is 0 Å². The molecule has 0 radical (unpaired) electrons. The zero-order valence-corrected chi connectivity index (χ0v) is 17.6. The standard InChI is InChI=1S/C21H20Cl2N4O/c1-12-8-16(10-25-26-11-18-19(22)6-5-7-20(18)23)14(3)27(12)21-17(9-24)13(2)15(4)28-21/h5-8,10,26H,11H2,1-4H3/b25-10-. The molecule has 0 bridgehead atoms. The summed E-state index contributed by atoms with van der Waals surface area (Å²) in [5.74, 6) is 1.29. The number of nitrogens with zero attached hydrogens (tertiary/aromatic N) is 3. The molecule has 0 aliphatic rings.